The van der Waals surface area contributed by atoms with Crippen LogP contribution in [0.2, 0.25) is 0 Å². The SMILES string of the molecule is CC1CN(C2CCCC2N)CC(=O)N1. The number of carbonyl (C=O) groups is 1. The molecule has 2 rings (SSSR count). The van der Waals surface area contributed by atoms with Crippen molar-refractivity contribution in [2.45, 2.75) is 44.3 Å². The van der Waals surface area contributed by atoms with Gasteiger partial charge < -0.3 is 11.1 Å². The van der Waals surface area contributed by atoms with Gasteiger partial charge in [-0.25, -0.2) is 0 Å². The zero-order valence-electron chi connectivity index (χ0n) is 8.70. The van der Waals surface area contributed by atoms with Crippen LogP contribution in [0, 0.1) is 0 Å². The smallest absolute Gasteiger partial charge is 0.234 e. The summed E-state index contributed by atoms with van der Waals surface area (Å²) >= 11 is 0. The molecule has 1 heterocycles. The molecule has 80 valence electrons. The molecule has 1 aliphatic carbocycles. The number of nitrogens with two attached hydrogens (primary N) is 1. The Kier molecular flexibility index (Phi) is 2.74. The third-order valence-corrected chi connectivity index (χ3v) is 3.26. The summed E-state index contributed by atoms with van der Waals surface area (Å²) in [7, 11) is 0. The highest BCUT2D eigenvalue weighted by Gasteiger charge is 2.33. The van der Waals surface area contributed by atoms with Crippen LogP contribution in [0.3, 0.4) is 0 Å². The normalized spacial score (nSPS) is 39.9. The first-order chi connectivity index (χ1) is 6.66. The van der Waals surface area contributed by atoms with E-state index >= 15 is 0 Å². The van der Waals surface area contributed by atoms with Crippen molar-refractivity contribution >= 4 is 5.91 Å². The Bertz CT molecular complexity index is 231. The lowest BCUT2D eigenvalue weighted by molar-refractivity contribution is -0.126. The minimum atomic E-state index is 0.142. The average molecular weight is 197 g/mol. The summed E-state index contributed by atoms with van der Waals surface area (Å²) in [6, 6.07) is 0.973. The Labute approximate surface area is 84.8 Å². The molecule has 0 radical (unpaired) electrons. The van der Waals surface area contributed by atoms with E-state index in [1.54, 1.807) is 0 Å². The number of hydrogen-bond donors (Lipinski definition) is 2. The first kappa shape index (κ1) is 9.93. The predicted molar refractivity (Wildman–Crippen MR) is 54.8 cm³/mol. The Hall–Kier alpha value is -0.610. The number of piperazine rings is 1. The summed E-state index contributed by atoms with van der Waals surface area (Å²) in [5.41, 5.74) is 6.03. The fourth-order valence-corrected chi connectivity index (χ4v) is 2.64. The van der Waals surface area contributed by atoms with E-state index in [9.17, 15) is 4.79 Å². The maximum absolute atomic E-state index is 11.4. The number of amides is 1. The fourth-order valence-electron chi connectivity index (χ4n) is 2.64. The van der Waals surface area contributed by atoms with Crippen molar-refractivity contribution in [3.8, 4) is 0 Å². The second kappa shape index (κ2) is 3.87. The predicted octanol–water partition coefficient (Wildman–Crippen LogP) is -0.313. The number of rotatable bonds is 1. The number of hydrogen-bond acceptors (Lipinski definition) is 3. The zero-order valence-corrected chi connectivity index (χ0v) is 8.70. The minimum absolute atomic E-state index is 0.142. The van der Waals surface area contributed by atoms with E-state index in [4.69, 9.17) is 5.73 Å². The second-order valence-electron chi connectivity index (χ2n) is 4.56. The van der Waals surface area contributed by atoms with Crippen molar-refractivity contribution in [2.75, 3.05) is 13.1 Å². The van der Waals surface area contributed by atoms with Crippen LogP contribution in [0.5, 0.6) is 0 Å². The summed E-state index contributed by atoms with van der Waals surface area (Å²) in [6.07, 6.45) is 3.47. The average Bonchev–Trinajstić information content (AvgIpc) is 2.49. The molecule has 4 heteroatoms. The zero-order chi connectivity index (χ0) is 10.1. The standard InChI is InChI=1S/C10H19N3O/c1-7-5-13(6-10(14)12-7)9-4-2-3-8(9)11/h7-9H,2-6,11H2,1H3,(H,12,14). The van der Waals surface area contributed by atoms with Gasteiger partial charge in [0.25, 0.3) is 0 Å². The minimum Gasteiger partial charge on any atom is -0.351 e. The van der Waals surface area contributed by atoms with Gasteiger partial charge in [0.2, 0.25) is 5.91 Å². The number of nitrogens with zero attached hydrogens (tertiary/aromatic N) is 1. The Balaban J connectivity index is 1.99. The summed E-state index contributed by atoms with van der Waals surface area (Å²) in [6.45, 7) is 3.53. The Morgan fingerprint density at radius 3 is 2.86 bits per heavy atom. The van der Waals surface area contributed by atoms with Gasteiger partial charge in [0.05, 0.1) is 6.54 Å². The lowest BCUT2D eigenvalue weighted by Crippen LogP contribution is -2.58. The highest BCUT2D eigenvalue weighted by atomic mass is 16.2. The van der Waals surface area contributed by atoms with E-state index in [0.717, 1.165) is 19.4 Å². The van der Waals surface area contributed by atoms with Gasteiger partial charge in [0.15, 0.2) is 0 Å². The molecular formula is C10H19N3O. The Morgan fingerprint density at radius 1 is 1.50 bits per heavy atom. The summed E-state index contributed by atoms with van der Waals surface area (Å²) in [5.74, 6) is 0.142. The third-order valence-electron chi connectivity index (χ3n) is 3.26. The third kappa shape index (κ3) is 1.91. The maximum Gasteiger partial charge on any atom is 0.234 e. The molecule has 0 aromatic rings. The lowest BCUT2D eigenvalue weighted by atomic mass is 10.1. The maximum atomic E-state index is 11.4. The molecule has 0 aromatic heterocycles. The summed E-state index contributed by atoms with van der Waals surface area (Å²) in [5, 5.41) is 2.93. The van der Waals surface area contributed by atoms with Crippen LogP contribution in [0.4, 0.5) is 0 Å². The molecule has 14 heavy (non-hydrogen) atoms. The van der Waals surface area contributed by atoms with Gasteiger partial charge in [-0.1, -0.05) is 6.42 Å². The fraction of sp³-hybridized carbons (Fsp3) is 0.900. The van der Waals surface area contributed by atoms with Crippen molar-refractivity contribution in [3.63, 3.8) is 0 Å². The number of carbonyl (C=O) groups excluding carboxylic acids is 1. The van der Waals surface area contributed by atoms with Gasteiger partial charge in [-0.3, -0.25) is 9.69 Å². The van der Waals surface area contributed by atoms with Crippen molar-refractivity contribution in [2.24, 2.45) is 5.73 Å². The Morgan fingerprint density at radius 2 is 2.29 bits per heavy atom. The first-order valence-corrected chi connectivity index (χ1v) is 5.46. The summed E-state index contributed by atoms with van der Waals surface area (Å²) in [4.78, 5) is 13.6. The molecule has 3 N–H and O–H groups in total. The lowest BCUT2D eigenvalue weighted by Gasteiger charge is -2.37. The van der Waals surface area contributed by atoms with Gasteiger partial charge >= 0.3 is 0 Å². The molecule has 3 atom stereocenters. The molecule has 1 amide bonds. The van der Waals surface area contributed by atoms with E-state index in [-0.39, 0.29) is 18.0 Å². The van der Waals surface area contributed by atoms with Gasteiger partial charge in [-0.05, 0) is 19.8 Å². The van der Waals surface area contributed by atoms with Crippen molar-refractivity contribution in [3.05, 3.63) is 0 Å². The molecule has 1 saturated heterocycles. The highest BCUT2D eigenvalue weighted by molar-refractivity contribution is 5.79. The van der Waals surface area contributed by atoms with Crippen molar-refractivity contribution in [1.82, 2.24) is 10.2 Å². The molecule has 0 spiro atoms. The molecule has 1 saturated carbocycles. The summed E-state index contributed by atoms with van der Waals surface area (Å²) < 4.78 is 0. The van der Waals surface area contributed by atoms with Crippen LogP contribution >= 0.6 is 0 Å². The molecule has 0 aromatic carbocycles. The first-order valence-electron chi connectivity index (χ1n) is 5.46. The van der Waals surface area contributed by atoms with Crippen LogP contribution in [0.25, 0.3) is 0 Å². The molecule has 3 unspecified atom stereocenters. The van der Waals surface area contributed by atoms with Crippen LogP contribution in [-0.2, 0) is 4.79 Å². The highest BCUT2D eigenvalue weighted by Crippen LogP contribution is 2.23. The molecule has 1 aliphatic heterocycles. The van der Waals surface area contributed by atoms with E-state index in [1.807, 2.05) is 6.92 Å². The second-order valence-corrected chi connectivity index (χ2v) is 4.56. The monoisotopic (exact) mass is 197 g/mol. The largest absolute Gasteiger partial charge is 0.351 e. The van der Waals surface area contributed by atoms with E-state index in [1.165, 1.54) is 6.42 Å². The van der Waals surface area contributed by atoms with E-state index in [0.29, 0.717) is 12.6 Å². The van der Waals surface area contributed by atoms with Crippen molar-refractivity contribution in [1.29, 1.82) is 0 Å². The molecular weight excluding hydrogens is 178 g/mol. The van der Waals surface area contributed by atoms with Gasteiger partial charge in [0, 0.05) is 24.7 Å². The van der Waals surface area contributed by atoms with Crippen LogP contribution in [0.15, 0.2) is 0 Å². The number of nitrogens with one attached hydrogen (secondary N) is 1. The van der Waals surface area contributed by atoms with Gasteiger partial charge in [-0.15, -0.1) is 0 Å². The topological polar surface area (TPSA) is 58.4 Å². The van der Waals surface area contributed by atoms with Crippen LogP contribution < -0.4 is 11.1 Å². The molecule has 2 aliphatic rings. The molecule has 4 nitrogen and oxygen atoms in total. The van der Waals surface area contributed by atoms with E-state index < -0.39 is 0 Å². The van der Waals surface area contributed by atoms with Crippen molar-refractivity contribution < 1.29 is 4.79 Å². The molecule has 0 bridgehead atoms. The van der Waals surface area contributed by atoms with E-state index in [2.05, 4.69) is 10.2 Å². The quantitative estimate of drug-likeness (QED) is 0.606. The van der Waals surface area contributed by atoms with Crippen LogP contribution in [-0.4, -0.2) is 42.0 Å². The van der Waals surface area contributed by atoms with Gasteiger partial charge in [-0.2, -0.15) is 0 Å². The molecule has 2 fully saturated rings. The van der Waals surface area contributed by atoms with Crippen LogP contribution in [0.1, 0.15) is 26.2 Å². The van der Waals surface area contributed by atoms with Gasteiger partial charge in [0.1, 0.15) is 0 Å².